The maximum absolute atomic E-state index is 12.9. The number of rotatable bonds is 8. The molecule has 160 valence electrons. The van der Waals surface area contributed by atoms with E-state index >= 15 is 0 Å². The molecule has 1 N–H and O–H groups in total. The summed E-state index contributed by atoms with van der Waals surface area (Å²) in [6.07, 6.45) is 5.25. The molecule has 0 saturated heterocycles. The van der Waals surface area contributed by atoms with E-state index in [0.717, 1.165) is 5.56 Å². The van der Waals surface area contributed by atoms with Crippen molar-refractivity contribution in [2.24, 2.45) is 7.05 Å². The highest BCUT2D eigenvalue weighted by Crippen LogP contribution is 2.21. The highest BCUT2D eigenvalue weighted by molar-refractivity contribution is 7.89. The van der Waals surface area contributed by atoms with Crippen LogP contribution in [0.4, 0.5) is 0 Å². The molecule has 0 saturated carbocycles. The minimum Gasteiger partial charge on any atom is -0.345 e. The molecule has 1 amide bonds. The number of carbonyl (C=O) groups excluding carboxylic acids is 1. The molecule has 1 aromatic carbocycles. The minimum absolute atomic E-state index is 0.246. The lowest BCUT2D eigenvalue weighted by Gasteiger charge is -2.19. The van der Waals surface area contributed by atoms with Gasteiger partial charge in [0, 0.05) is 32.5 Å². The van der Waals surface area contributed by atoms with Crippen molar-refractivity contribution in [3.63, 3.8) is 0 Å². The van der Waals surface area contributed by atoms with Crippen LogP contribution in [-0.2, 0) is 17.1 Å². The largest absolute Gasteiger partial charge is 0.345 e. The zero-order valence-electron chi connectivity index (χ0n) is 17.6. The summed E-state index contributed by atoms with van der Waals surface area (Å²) >= 11 is 0. The number of aryl methyl sites for hydroxylation is 1. The van der Waals surface area contributed by atoms with E-state index in [4.69, 9.17) is 0 Å². The van der Waals surface area contributed by atoms with Gasteiger partial charge in [0.1, 0.15) is 11.4 Å². The molecule has 3 rings (SSSR count). The summed E-state index contributed by atoms with van der Waals surface area (Å²) in [5.74, 6) is 0.421. The number of hydrogen-bond donors (Lipinski definition) is 1. The summed E-state index contributed by atoms with van der Waals surface area (Å²) in [5.41, 5.74) is 1.27. The lowest BCUT2D eigenvalue weighted by molar-refractivity contribution is 0.0939. The average molecular weight is 430 g/mol. The van der Waals surface area contributed by atoms with Gasteiger partial charge in [0.2, 0.25) is 10.0 Å². The quantitative estimate of drug-likeness (QED) is 0.596. The summed E-state index contributed by atoms with van der Waals surface area (Å²) in [5, 5.41) is 7.17. The fourth-order valence-electron chi connectivity index (χ4n) is 3.37. The summed E-state index contributed by atoms with van der Waals surface area (Å²) in [6, 6.07) is 10.1. The summed E-state index contributed by atoms with van der Waals surface area (Å²) in [4.78, 5) is 13.1. The molecule has 0 aliphatic carbocycles. The second-order valence-electron chi connectivity index (χ2n) is 6.95. The Morgan fingerprint density at radius 3 is 2.30 bits per heavy atom. The molecule has 9 heteroatoms. The maximum atomic E-state index is 12.9. The first-order chi connectivity index (χ1) is 14.3. The van der Waals surface area contributed by atoms with E-state index in [9.17, 15) is 13.2 Å². The van der Waals surface area contributed by atoms with Crippen LogP contribution in [0.3, 0.4) is 0 Å². The number of aromatic nitrogens is 3. The molecule has 30 heavy (non-hydrogen) atoms. The molecule has 1 atom stereocenters. The van der Waals surface area contributed by atoms with Crippen LogP contribution in [0.25, 0.3) is 5.82 Å². The Balaban J connectivity index is 1.77. The molecular weight excluding hydrogens is 402 g/mol. The lowest BCUT2D eigenvalue weighted by atomic mass is 10.1. The van der Waals surface area contributed by atoms with Crippen LogP contribution in [-0.4, -0.2) is 46.1 Å². The van der Waals surface area contributed by atoms with Crippen LogP contribution in [0.1, 0.15) is 42.7 Å². The van der Waals surface area contributed by atoms with Crippen molar-refractivity contribution < 1.29 is 13.2 Å². The van der Waals surface area contributed by atoms with Gasteiger partial charge in [-0.1, -0.05) is 26.0 Å². The Kier molecular flexibility index (Phi) is 6.42. The van der Waals surface area contributed by atoms with E-state index in [2.05, 4.69) is 10.4 Å². The number of amides is 1. The molecule has 0 fully saturated rings. The van der Waals surface area contributed by atoms with Crippen molar-refractivity contribution >= 4 is 15.9 Å². The van der Waals surface area contributed by atoms with Crippen LogP contribution in [0.5, 0.6) is 0 Å². The number of nitrogens with one attached hydrogen (secondary N) is 1. The van der Waals surface area contributed by atoms with Crippen LogP contribution >= 0.6 is 0 Å². The Morgan fingerprint density at radius 2 is 1.73 bits per heavy atom. The second-order valence-corrected chi connectivity index (χ2v) is 8.89. The Morgan fingerprint density at radius 1 is 1.13 bits per heavy atom. The van der Waals surface area contributed by atoms with E-state index in [-0.39, 0.29) is 16.8 Å². The normalized spacial score (nSPS) is 12.8. The molecule has 8 nitrogen and oxygen atoms in total. The first-order valence-corrected chi connectivity index (χ1v) is 11.3. The van der Waals surface area contributed by atoms with Gasteiger partial charge in [0.05, 0.1) is 17.1 Å². The molecule has 0 bridgehead atoms. The minimum atomic E-state index is -3.51. The van der Waals surface area contributed by atoms with Crippen molar-refractivity contribution in [1.82, 2.24) is 24.0 Å². The molecule has 2 heterocycles. The SMILES string of the molecule is CCN(CC)S(=O)(=O)c1ccc(C(C)NC(=O)c2cnn(C)c2-n2cccc2)cc1. The van der Waals surface area contributed by atoms with Gasteiger partial charge < -0.3 is 9.88 Å². The van der Waals surface area contributed by atoms with Gasteiger partial charge in [0.15, 0.2) is 0 Å². The fraction of sp³-hybridized carbons (Fsp3) is 0.333. The van der Waals surface area contributed by atoms with Crippen molar-refractivity contribution in [3.8, 4) is 5.82 Å². The number of sulfonamides is 1. The number of hydrogen-bond acceptors (Lipinski definition) is 4. The van der Waals surface area contributed by atoms with Crippen molar-refractivity contribution in [2.75, 3.05) is 13.1 Å². The van der Waals surface area contributed by atoms with Gasteiger partial charge in [-0.25, -0.2) is 8.42 Å². The van der Waals surface area contributed by atoms with E-state index in [1.807, 2.05) is 49.9 Å². The van der Waals surface area contributed by atoms with E-state index in [1.165, 1.54) is 10.5 Å². The zero-order chi connectivity index (χ0) is 21.9. The molecule has 0 aliphatic rings. The summed E-state index contributed by atoms with van der Waals surface area (Å²) in [7, 11) is -1.72. The van der Waals surface area contributed by atoms with Gasteiger partial charge in [-0.15, -0.1) is 0 Å². The van der Waals surface area contributed by atoms with E-state index in [1.54, 1.807) is 36.0 Å². The molecule has 2 aromatic heterocycles. The van der Waals surface area contributed by atoms with Gasteiger partial charge in [-0.2, -0.15) is 9.40 Å². The molecular formula is C21H27N5O3S. The number of nitrogens with zero attached hydrogens (tertiary/aromatic N) is 4. The highest BCUT2D eigenvalue weighted by atomic mass is 32.2. The Labute approximate surface area is 177 Å². The average Bonchev–Trinajstić information content (AvgIpc) is 3.38. The van der Waals surface area contributed by atoms with Crippen molar-refractivity contribution in [1.29, 1.82) is 0 Å². The van der Waals surface area contributed by atoms with Crippen molar-refractivity contribution in [3.05, 3.63) is 66.1 Å². The first-order valence-electron chi connectivity index (χ1n) is 9.85. The standard InChI is InChI=1S/C21H27N5O3S/c1-5-26(6-2)30(28,29)18-11-9-17(10-12-18)16(3)23-20(27)19-15-22-24(4)21(19)25-13-7-8-14-25/h7-16H,5-6H2,1-4H3,(H,23,27). The highest BCUT2D eigenvalue weighted by Gasteiger charge is 2.23. The molecule has 0 aliphatic heterocycles. The lowest BCUT2D eigenvalue weighted by Crippen LogP contribution is -2.30. The zero-order valence-corrected chi connectivity index (χ0v) is 18.4. The van der Waals surface area contributed by atoms with E-state index in [0.29, 0.717) is 24.5 Å². The van der Waals surface area contributed by atoms with Crippen LogP contribution in [0.15, 0.2) is 59.9 Å². The monoisotopic (exact) mass is 429 g/mol. The number of carbonyl (C=O) groups is 1. The topological polar surface area (TPSA) is 89.2 Å². The Hall–Kier alpha value is -2.91. The Bertz CT molecular complexity index is 1100. The van der Waals surface area contributed by atoms with Gasteiger partial charge >= 0.3 is 0 Å². The molecule has 0 radical (unpaired) electrons. The maximum Gasteiger partial charge on any atom is 0.257 e. The third-order valence-electron chi connectivity index (χ3n) is 5.07. The van der Waals surface area contributed by atoms with Gasteiger partial charge in [-0.05, 0) is 36.8 Å². The van der Waals surface area contributed by atoms with Crippen LogP contribution < -0.4 is 5.32 Å². The molecule has 3 aromatic rings. The second kappa shape index (κ2) is 8.85. The smallest absolute Gasteiger partial charge is 0.257 e. The fourth-order valence-corrected chi connectivity index (χ4v) is 4.83. The summed E-state index contributed by atoms with van der Waals surface area (Å²) in [6.45, 7) is 6.32. The van der Waals surface area contributed by atoms with Crippen LogP contribution in [0, 0.1) is 0 Å². The van der Waals surface area contributed by atoms with Gasteiger partial charge in [0.25, 0.3) is 5.91 Å². The van der Waals surface area contributed by atoms with Crippen molar-refractivity contribution in [2.45, 2.75) is 31.7 Å². The predicted molar refractivity (Wildman–Crippen MR) is 115 cm³/mol. The predicted octanol–water partition coefficient (Wildman–Crippen LogP) is 2.73. The third-order valence-corrected chi connectivity index (χ3v) is 7.14. The molecule has 1 unspecified atom stereocenters. The number of benzene rings is 1. The molecule has 0 spiro atoms. The van der Waals surface area contributed by atoms with Crippen LogP contribution in [0.2, 0.25) is 0 Å². The summed E-state index contributed by atoms with van der Waals surface area (Å²) < 4.78 is 30.2. The third kappa shape index (κ3) is 4.17. The first kappa shape index (κ1) is 21.8. The van der Waals surface area contributed by atoms with Gasteiger partial charge in [-0.3, -0.25) is 9.48 Å². The van der Waals surface area contributed by atoms with E-state index < -0.39 is 10.0 Å².